The Morgan fingerprint density at radius 1 is 1.25 bits per heavy atom. The fourth-order valence-corrected chi connectivity index (χ4v) is 3.46. The molecule has 0 aliphatic carbocycles. The maximum absolute atomic E-state index is 12.5. The van der Waals surface area contributed by atoms with Gasteiger partial charge in [-0.2, -0.15) is 0 Å². The number of carbonyl (C=O) groups is 2. The van der Waals surface area contributed by atoms with Crippen molar-refractivity contribution in [2.24, 2.45) is 0 Å². The van der Waals surface area contributed by atoms with Crippen molar-refractivity contribution < 1.29 is 24.4 Å². The van der Waals surface area contributed by atoms with Crippen LogP contribution in [0.3, 0.4) is 0 Å². The molecule has 144 valence electrons. The number of aromatic hydroxyl groups is 1. The molecule has 1 aliphatic rings. The number of phenols is 1. The molecule has 2 aromatic rings. The van der Waals surface area contributed by atoms with Gasteiger partial charge in [0.2, 0.25) is 5.75 Å². The van der Waals surface area contributed by atoms with Crippen molar-refractivity contribution in [1.29, 1.82) is 0 Å². The van der Waals surface area contributed by atoms with E-state index in [1.54, 1.807) is 6.07 Å². The van der Waals surface area contributed by atoms with Crippen LogP contribution in [0.2, 0.25) is 0 Å². The number of hydrogen-bond donors (Lipinski definition) is 1. The Morgan fingerprint density at radius 2 is 2.00 bits per heavy atom. The van der Waals surface area contributed by atoms with E-state index in [4.69, 9.17) is 4.74 Å². The smallest absolute Gasteiger partial charge is 0.311 e. The van der Waals surface area contributed by atoms with E-state index in [9.17, 15) is 24.8 Å². The topological polar surface area (TPSA) is 110 Å². The van der Waals surface area contributed by atoms with Gasteiger partial charge in [0.1, 0.15) is 12.4 Å². The van der Waals surface area contributed by atoms with Crippen molar-refractivity contribution in [2.75, 3.05) is 13.2 Å². The fraction of sp³-hybridized carbons (Fsp3) is 0.158. The van der Waals surface area contributed by atoms with Gasteiger partial charge in [-0.05, 0) is 42.5 Å². The second kappa shape index (κ2) is 8.13. The van der Waals surface area contributed by atoms with Crippen molar-refractivity contribution in [2.45, 2.75) is 6.92 Å². The molecule has 0 aromatic heterocycles. The summed E-state index contributed by atoms with van der Waals surface area (Å²) >= 11 is 0.710. The largest absolute Gasteiger partial charge is 0.502 e. The number of ether oxygens (including phenoxy) is 1. The van der Waals surface area contributed by atoms with Gasteiger partial charge in [-0.15, -0.1) is 0 Å². The Bertz CT molecular complexity index is 988. The van der Waals surface area contributed by atoms with E-state index in [1.807, 2.05) is 25.1 Å². The summed E-state index contributed by atoms with van der Waals surface area (Å²) in [5, 5.41) is 20.5. The van der Waals surface area contributed by atoms with E-state index < -0.39 is 27.5 Å². The Balaban J connectivity index is 1.70. The van der Waals surface area contributed by atoms with Crippen molar-refractivity contribution in [3.05, 3.63) is 68.6 Å². The number of nitro groups is 1. The molecule has 2 amide bonds. The third kappa shape index (κ3) is 4.15. The minimum atomic E-state index is -0.721. The first kappa shape index (κ1) is 19.4. The molecular weight excluding hydrogens is 384 g/mol. The number of carbonyl (C=O) groups excluding carboxylic acids is 2. The van der Waals surface area contributed by atoms with Crippen LogP contribution >= 0.6 is 11.8 Å². The summed E-state index contributed by atoms with van der Waals surface area (Å²) in [6, 6.07) is 11.4. The van der Waals surface area contributed by atoms with Gasteiger partial charge in [-0.25, -0.2) is 0 Å². The van der Waals surface area contributed by atoms with Crippen molar-refractivity contribution in [3.8, 4) is 11.5 Å². The summed E-state index contributed by atoms with van der Waals surface area (Å²) in [5.74, 6) is -0.445. The predicted molar refractivity (Wildman–Crippen MR) is 104 cm³/mol. The number of benzene rings is 2. The summed E-state index contributed by atoms with van der Waals surface area (Å²) < 4.78 is 5.57. The molecule has 1 heterocycles. The van der Waals surface area contributed by atoms with Gasteiger partial charge in [0.15, 0.2) is 0 Å². The molecule has 1 N–H and O–H groups in total. The van der Waals surface area contributed by atoms with Crippen LogP contribution in [0.25, 0.3) is 6.08 Å². The van der Waals surface area contributed by atoms with Gasteiger partial charge in [0, 0.05) is 11.6 Å². The van der Waals surface area contributed by atoms with Crippen molar-refractivity contribution in [3.63, 3.8) is 0 Å². The average molecular weight is 400 g/mol. The molecule has 0 spiro atoms. The zero-order valence-electron chi connectivity index (χ0n) is 14.8. The lowest BCUT2D eigenvalue weighted by Gasteiger charge is -2.13. The number of thioether (sulfide) groups is 1. The fourth-order valence-electron chi connectivity index (χ4n) is 2.61. The summed E-state index contributed by atoms with van der Waals surface area (Å²) in [6.07, 6.45) is 1.27. The molecule has 1 fully saturated rings. The normalized spacial score (nSPS) is 15.3. The van der Waals surface area contributed by atoms with Gasteiger partial charge in [-0.3, -0.25) is 24.6 Å². The number of amides is 2. The van der Waals surface area contributed by atoms with E-state index >= 15 is 0 Å². The number of para-hydroxylation sites is 1. The molecule has 2 aromatic carbocycles. The highest BCUT2D eigenvalue weighted by Crippen LogP contribution is 2.36. The third-order valence-corrected chi connectivity index (χ3v) is 4.88. The molecule has 1 saturated heterocycles. The van der Waals surface area contributed by atoms with Crippen LogP contribution in [0, 0.1) is 17.0 Å². The zero-order valence-corrected chi connectivity index (χ0v) is 15.6. The Kier molecular flexibility index (Phi) is 5.65. The molecule has 3 rings (SSSR count). The third-order valence-electron chi connectivity index (χ3n) is 3.98. The first-order valence-corrected chi connectivity index (χ1v) is 9.09. The quantitative estimate of drug-likeness (QED) is 0.447. The summed E-state index contributed by atoms with van der Waals surface area (Å²) in [7, 11) is 0. The minimum absolute atomic E-state index is 0.0663. The van der Waals surface area contributed by atoms with Gasteiger partial charge >= 0.3 is 5.69 Å². The van der Waals surface area contributed by atoms with Crippen LogP contribution < -0.4 is 4.74 Å². The lowest BCUT2D eigenvalue weighted by Crippen LogP contribution is -2.32. The first-order chi connectivity index (χ1) is 13.4. The van der Waals surface area contributed by atoms with Crippen molar-refractivity contribution in [1.82, 2.24) is 4.90 Å². The zero-order chi connectivity index (χ0) is 20.3. The number of imide groups is 1. The van der Waals surface area contributed by atoms with E-state index in [2.05, 4.69) is 0 Å². The molecule has 0 saturated carbocycles. The standard InChI is InChI=1S/C19H16N2O6S/c1-12-4-2-6-14(10-12)27-9-8-20-18(23)16(28-19(20)24)11-13-5-3-7-15(17(13)22)21(25)26/h2-7,10-11,22H,8-9H2,1H3/b16-11-. The summed E-state index contributed by atoms with van der Waals surface area (Å²) in [4.78, 5) is 35.9. The first-order valence-electron chi connectivity index (χ1n) is 8.28. The van der Waals surface area contributed by atoms with Gasteiger partial charge in [-0.1, -0.05) is 24.3 Å². The molecule has 8 nitrogen and oxygen atoms in total. The molecule has 0 bridgehead atoms. The van der Waals surface area contributed by atoms with Gasteiger partial charge in [0.25, 0.3) is 11.1 Å². The molecular formula is C19H16N2O6S. The molecule has 0 atom stereocenters. The minimum Gasteiger partial charge on any atom is -0.502 e. The number of rotatable bonds is 6. The predicted octanol–water partition coefficient (Wildman–Crippen LogP) is 3.72. The number of nitrogens with zero attached hydrogens (tertiary/aromatic N) is 2. The summed E-state index contributed by atoms with van der Waals surface area (Å²) in [6.45, 7) is 2.13. The van der Waals surface area contributed by atoms with Crippen LogP contribution in [-0.2, 0) is 4.79 Å². The monoisotopic (exact) mass is 400 g/mol. The number of aryl methyl sites for hydroxylation is 1. The molecule has 0 unspecified atom stereocenters. The second-order valence-electron chi connectivity index (χ2n) is 5.97. The molecule has 1 aliphatic heterocycles. The SMILES string of the molecule is Cc1cccc(OCCN2C(=O)S/C(=C\c3cccc([N+](=O)[O-])c3O)C2=O)c1. The van der Waals surface area contributed by atoms with E-state index in [1.165, 1.54) is 18.2 Å². The average Bonchev–Trinajstić information content (AvgIpc) is 2.90. The highest BCUT2D eigenvalue weighted by atomic mass is 32.2. The van der Waals surface area contributed by atoms with Crippen LogP contribution in [0.15, 0.2) is 47.4 Å². The Labute approximate surface area is 164 Å². The highest BCUT2D eigenvalue weighted by molar-refractivity contribution is 8.18. The summed E-state index contributed by atoms with van der Waals surface area (Å²) in [5.41, 5.74) is 0.651. The maximum Gasteiger partial charge on any atom is 0.311 e. The Hall–Kier alpha value is -3.33. The lowest BCUT2D eigenvalue weighted by molar-refractivity contribution is -0.385. The number of phenolic OH excluding ortho intramolecular Hbond substituents is 1. The van der Waals surface area contributed by atoms with E-state index in [0.717, 1.165) is 16.5 Å². The van der Waals surface area contributed by atoms with Crippen molar-refractivity contribution >= 4 is 34.7 Å². The number of hydrogen-bond acceptors (Lipinski definition) is 7. The molecule has 9 heteroatoms. The van der Waals surface area contributed by atoms with Crippen LogP contribution in [0.1, 0.15) is 11.1 Å². The van der Waals surface area contributed by atoms with Gasteiger partial charge in [0.05, 0.1) is 16.4 Å². The second-order valence-corrected chi connectivity index (χ2v) is 6.96. The van der Waals surface area contributed by atoms with Crippen LogP contribution in [0.5, 0.6) is 11.5 Å². The van der Waals surface area contributed by atoms with E-state index in [0.29, 0.717) is 17.5 Å². The van der Waals surface area contributed by atoms with E-state index in [-0.39, 0.29) is 23.6 Å². The number of nitro benzene ring substituents is 1. The molecule has 28 heavy (non-hydrogen) atoms. The Morgan fingerprint density at radius 3 is 2.71 bits per heavy atom. The lowest BCUT2D eigenvalue weighted by atomic mass is 10.1. The maximum atomic E-state index is 12.5. The highest BCUT2D eigenvalue weighted by Gasteiger charge is 2.35. The van der Waals surface area contributed by atoms with Gasteiger partial charge < -0.3 is 9.84 Å². The molecule has 0 radical (unpaired) electrons. The van der Waals surface area contributed by atoms with Crippen LogP contribution in [0.4, 0.5) is 10.5 Å². The van der Waals surface area contributed by atoms with Crippen LogP contribution in [-0.4, -0.2) is 39.2 Å².